The molecule has 0 aliphatic rings. The molecule has 0 aromatic heterocycles. The van der Waals surface area contributed by atoms with Crippen LogP contribution in [-0.4, -0.2) is 11.8 Å². The van der Waals surface area contributed by atoms with Crippen LogP contribution in [0.1, 0.15) is 52.7 Å². The normalized spacial score (nSPS) is 14.3. The van der Waals surface area contributed by atoms with Gasteiger partial charge < -0.3 is 4.74 Å². The van der Waals surface area contributed by atoms with Crippen LogP contribution in [0.3, 0.4) is 0 Å². The molecule has 2 heteroatoms. The molecule has 0 bridgehead atoms. The van der Waals surface area contributed by atoms with E-state index in [0.29, 0.717) is 0 Å². The highest BCUT2D eigenvalue weighted by Crippen LogP contribution is 2.30. The predicted molar refractivity (Wildman–Crippen MR) is 81.8 cm³/mol. The van der Waals surface area contributed by atoms with Gasteiger partial charge in [-0.25, -0.2) is 0 Å². The lowest BCUT2D eigenvalue weighted by Gasteiger charge is -2.36. The Hall–Kier alpha value is -1.02. The summed E-state index contributed by atoms with van der Waals surface area (Å²) in [5.74, 6) is 0. The summed E-state index contributed by atoms with van der Waals surface area (Å²) in [5, 5.41) is 4.89. The van der Waals surface area contributed by atoms with E-state index in [9.17, 15) is 0 Å². The molecule has 0 amide bonds. The summed E-state index contributed by atoms with van der Waals surface area (Å²) in [4.78, 5) is 0. The summed E-state index contributed by atoms with van der Waals surface area (Å²) >= 11 is 0. The van der Waals surface area contributed by atoms with Crippen molar-refractivity contribution in [1.82, 2.24) is 5.32 Å². The van der Waals surface area contributed by atoms with Crippen molar-refractivity contribution in [3.8, 4) is 0 Å². The lowest BCUT2D eigenvalue weighted by atomic mass is 9.92. The summed E-state index contributed by atoms with van der Waals surface area (Å²) in [6.07, 6.45) is -0.146. The van der Waals surface area contributed by atoms with E-state index in [-0.39, 0.29) is 17.2 Å². The van der Waals surface area contributed by atoms with Crippen LogP contribution >= 0.6 is 0 Å². The van der Waals surface area contributed by atoms with Crippen molar-refractivity contribution in [1.29, 1.82) is 0 Å². The maximum absolute atomic E-state index is 6.15. The number of ether oxygens (including phenoxy) is 1. The first-order valence-corrected chi connectivity index (χ1v) is 6.95. The van der Waals surface area contributed by atoms with Crippen LogP contribution in [0, 0.1) is 19.3 Å². The Kier molecular flexibility index (Phi) is 4.67. The number of nitrogens with zero attached hydrogens (tertiary/aromatic N) is 1. The fraction of sp³-hybridized carbons (Fsp3) is 0.647. The third-order valence-corrected chi connectivity index (χ3v) is 2.89. The Morgan fingerprint density at radius 1 is 0.947 bits per heavy atom. The molecule has 0 fully saturated rings. The smallest absolute Gasteiger partial charge is 0.154 e. The molecule has 2 nitrogen and oxygen atoms in total. The van der Waals surface area contributed by atoms with Crippen LogP contribution in [-0.2, 0) is 4.74 Å². The minimum Gasteiger partial charge on any atom is -0.350 e. The molecule has 1 radical (unpaired) electrons. The fourth-order valence-electron chi connectivity index (χ4n) is 1.86. The van der Waals surface area contributed by atoms with Crippen molar-refractivity contribution in [3.05, 3.63) is 29.3 Å². The zero-order chi connectivity index (χ0) is 14.8. The molecule has 0 aliphatic carbocycles. The van der Waals surface area contributed by atoms with Crippen LogP contribution in [0.2, 0.25) is 0 Å². The zero-order valence-corrected chi connectivity index (χ0v) is 13.7. The van der Waals surface area contributed by atoms with Gasteiger partial charge in [0.05, 0.1) is 11.3 Å². The lowest BCUT2D eigenvalue weighted by molar-refractivity contribution is -0.115. The van der Waals surface area contributed by atoms with E-state index in [0.717, 1.165) is 5.69 Å². The minimum atomic E-state index is -0.196. The zero-order valence-electron chi connectivity index (χ0n) is 13.7. The maximum Gasteiger partial charge on any atom is 0.154 e. The van der Waals surface area contributed by atoms with Gasteiger partial charge in [0.25, 0.3) is 0 Å². The second kappa shape index (κ2) is 5.54. The summed E-state index contributed by atoms with van der Waals surface area (Å²) < 4.78 is 6.15. The van der Waals surface area contributed by atoms with E-state index in [1.54, 1.807) is 0 Å². The molecule has 0 heterocycles. The summed E-state index contributed by atoms with van der Waals surface area (Å²) in [5.41, 5.74) is 3.24. The molecule has 0 unspecified atom stereocenters. The highest BCUT2D eigenvalue weighted by Gasteiger charge is 2.31. The van der Waals surface area contributed by atoms with E-state index in [2.05, 4.69) is 73.6 Å². The third-order valence-electron chi connectivity index (χ3n) is 2.89. The molecule has 1 atom stereocenters. The first kappa shape index (κ1) is 16.0. The number of rotatable bonds is 3. The van der Waals surface area contributed by atoms with Crippen LogP contribution < -0.4 is 5.32 Å². The van der Waals surface area contributed by atoms with E-state index in [4.69, 9.17) is 10.1 Å². The fourth-order valence-corrected chi connectivity index (χ4v) is 1.86. The molecule has 0 saturated carbocycles. The summed E-state index contributed by atoms with van der Waals surface area (Å²) in [6, 6.07) is 6.27. The van der Waals surface area contributed by atoms with Crippen molar-refractivity contribution in [2.45, 2.75) is 67.2 Å². The molecule has 0 N–H and O–H groups in total. The largest absolute Gasteiger partial charge is 0.350 e. The van der Waals surface area contributed by atoms with Gasteiger partial charge in [0.1, 0.15) is 0 Å². The topological polar surface area (TPSA) is 23.3 Å². The van der Waals surface area contributed by atoms with Crippen LogP contribution in [0.15, 0.2) is 18.2 Å². The van der Waals surface area contributed by atoms with E-state index >= 15 is 0 Å². The van der Waals surface area contributed by atoms with Crippen LogP contribution in [0.5, 0.6) is 0 Å². The van der Waals surface area contributed by atoms with Crippen LogP contribution in [0.4, 0.5) is 5.69 Å². The van der Waals surface area contributed by atoms with E-state index in [1.165, 1.54) is 11.1 Å². The first-order valence-electron chi connectivity index (χ1n) is 6.95. The third kappa shape index (κ3) is 4.87. The van der Waals surface area contributed by atoms with Gasteiger partial charge in [0.2, 0.25) is 0 Å². The van der Waals surface area contributed by atoms with Gasteiger partial charge in [-0.1, -0.05) is 39.0 Å². The van der Waals surface area contributed by atoms with Gasteiger partial charge in [0, 0.05) is 5.41 Å². The van der Waals surface area contributed by atoms with Gasteiger partial charge >= 0.3 is 0 Å². The minimum absolute atomic E-state index is 0.0258. The van der Waals surface area contributed by atoms with Gasteiger partial charge in [-0.3, -0.25) is 5.32 Å². The monoisotopic (exact) mass is 262 g/mol. The molecule has 1 rings (SSSR count). The molecule has 0 spiro atoms. The van der Waals surface area contributed by atoms with Gasteiger partial charge in [-0.05, 0) is 45.7 Å². The van der Waals surface area contributed by atoms with Crippen molar-refractivity contribution < 1.29 is 4.74 Å². The Labute approximate surface area is 118 Å². The van der Waals surface area contributed by atoms with Gasteiger partial charge in [0.15, 0.2) is 6.23 Å². The molecule has 107 valence electrons. The number of benzene rings is 1. The molecular weight excluding hydrogens is 234 g/mol. The number of aryl methyl sites for hydroxylation is 2. The average molecular weight is 262 g/mol. The molecule has 19 heavy (non-hydrogen) atoms. The molecular formula is C17H28NO. The molecule has 0 aliphatic heterocycles. The highest BCUT2D eigenvalue weighted by atomic mass is 16.5. The number of hydrogen-bond acceptors (Lipinski definition) is 1. The van der Waals surface area contributed by atoms with E-state index < -0.39 is 0 Å². The van der Waals surface area contributed by atoms with Crippen molar-refractivity contribution in [2.75, 3.05) is 0 Å². The molecule has 1 aromatic rings. The average Bonchev–Trinajstić information content (AvgIpc) is 2.18. The van der Waals surface area contributed by atoms with E-state index in [1.807, 2.05) is 0 Å². The Bertz CT molecular complexity index is 404. The number of hydrogen-bond donors (Lipinski definition) is 0. The molecule has 0 saturated heterocycles. The summed E-state index contributed by atoms with van der Waals surface area (Å²) in [7, 11) is 0. The lowest BCUT2D eigenvalue weighted by Crippen LogP contribution is -2.41. The van der Waals surface area contributed by atoms with Gasteiger partial charge in [-0.15, -0.1) is 0 Å². The second-order valence-electron chi connectivity index (χ2n) is 7.32. The first-order chi connectivity index (χ1) is 8.50. The predicted octanol–water partition coefficient (Wildman–Crippen LogP) is 4.73. The van der Waals surface area contributed by atoms with Crippen LogP contribution in [0.25, 0.3) is 0 Å². The maximum atomic E-state index is 6.15. The Morgan fingerprint density at radius 2 is 1.42 bits per heavy atom. The second-order valence-corrected chi connectivity index (χ2v) is 7.32. The summed E-state index contributed by atoms with van der Waals surface area (Å²) in [6.45, 7) is 16.9. The SMILES string of the molecule is Cc1cccc(C)c1[N][C@@H](OC(C)(C)C)C(C)(C)C. The van der Waals surface area contributed by atoms with Crippen molar-refractivity contribution >= 4 is 5.69 Å². The Balaban J connectivity index is 3.02. The standard InChI is InChI=1S/C17H28NO/c1-12-10-9-11-13(2)14(12)18-15(16(3,4)5)19-17(6,7)8/h9-11,15H,1-8H3/t15-/m0/s1. The van der Waals surface area contributed by atoms with Gasteiger partial charge in [-0.2, -0.15) is 0 Å². The Morgan fingerprint density at radius 3 is 1.79 bits per heavy atom. The van der Waals surface area contributed by atoms with Crippen molar-refractivity contribution in [2.24, 2.45) is 5.41 Å². The van der Waals surface area contributed by atoms with Crippen molar-refractivity contribution in [3.63, 3.8) is 0 Å². The number of para-hydroxylation sites is 1. The molecule has 1 aromatic carbocycles. The quantitative estimate of drug-likeness (QED) is 0.772. The highest BCUT2D eigenvalue weighted by molar-refractivity contribution is 5.51.